The molecule has 0 saturated heterocycles. The van der Waals surface area contributed by atoms with Gasteiger partial charge in [-0.2, -0.15) is 10.2 Å². The van der Waals surface area contributed by atoms with E-state index in [0.29, 0.717) is 0 Å². The topological polar surface area (TPSA) is 60.0 Å². The molecular formula is C10H11N3O. The summed E-state index contributed by atoms with van der Waals surface area (Å²) in [6.07, 6.45) is 1.36. The number of nitrogens with zero attached hydrogens (tertiary/aromatic N) is 2. The van der Waals surface area contributed by atoms with Gasteiger partial charge in [-0.15, -0.1) is 0 Å². The average molecular weight is 189 g/mol. The Kier molecular flexibility index (Phi) is 2.28. The highest BCUT2D eigenvalue weighted by molar-refractivity contribution is 5.70. The lowest BCUT2D eigenvalue weighted by Gasteiger charge is -2.06. The molecule has 0 amide bonds. The molecule has 1 aromatic rings. The molecule has 1 heterocycles. The molecule has 72 valence electrons. The lowest BCUT2D eigenvalue weighted by Crippen LogP contribution is -2.15. The van der Waals surface area contributed by atoms with Gasteiger partial charge in [-0.1, -0.05) is 12.1 Å². The van der Waals surface area contributed by atoms with Crippen molar-refractivity contribution >= 4 is 5.57 Å². The number of benzene rings is 1. The summed E-state index contributed by atoms with van der Waals surface area (Å²) in [5.74, 6) is 0.829. The van der Waals surface area contributed by atoms with Crippen LogP contribution in [-0.4, -0.2) is 13.3 Å². The van der Waals surface area contributed by atoms with Crippen molar-refractivity contribution in [2.45, 2.75) is 6.17 Å². The number of methoxy groups -OCH3 is 1. The number of azo groups is 1. The molecule has 0 aliphatic carbocycles. The zero-order valence-corrected chi connectivity index (χ0v) is 7.84. The van der Waals surface area contributed by atoms with E-state index in [4.69, 9.17) is 10.5 Å². The number of ether oxygens (including phenoxy) is 1. The van der Waals surface area contributed by atoms with Gasteiger partial charge in [-0.3, -0.25) is 0 Å². The Hall–Kier alpha value is -1.68. The van der Waals surface area contributed by atoms with Crippen molar-refractivity contribution in [3.05, 3.63) is 36.0 Å². The van der Waals surface area contributed by atoms with Crippen molar-refractivity contribution in [1.29, 1.82) is 0 Å². The van der Waals surface area contributed by atoms with Gasteiger partial charge in [-0.25, -0.2) is 0 Å². The van der Waals surface area contributed by atoms with Crippen LogP contribution in [0.4, 0.5) is 0 Å². The maximum Gasteiger partial charge on any atom is 0.146 e. The molecule has 1 atom stereocenters. The Morgan fingerprint density at radius 2 is 2.00 bits per heavy atom. The molecule has 0 radical (unpaired) electrons. The number of hydrogen-bond acceptors (Lipinski definition) is 4. The third kappa shape index (κ3) is 1.52. The normalized spacial score (nSPS) is 19.6. The molecule has 0 unspecified atom stereocenters. The van der Waals surface area contributed by atoms with Crippen LogP contribution in [0.3, 0.4) is 0 Å². The zero-order chi connectivity index (χ0) is 9.97. The first-order valence-corrected chi connectivity index (χ1v) is 4.31. The molecule has 0 spiro atoms. The standard InChI is InChI=1S/C10H11N3O/c1-14-8-4-2-7(3-5-8)9-6-12-13-10(9)11/h2-6,10H,11H2,1H3/t10-/m0/s1. The lowest BCUT2D eigenvalue weighted by molar-refractivity contribution is 0.415. The predicted molar refractivity (Wildman–Crippen MR) is 53.8 cm³/mol. The Bertz CT molecular complexity index is 381. The molecule has 4 heteroatoms. The summed E-state index contributed by atoms with van der Waals surface area (Å²) >= 11 is 0. The molecule has 4 nitrogen and oxygen atoms in total. The molecule has 1 aromatic carbocycles. The summed E-state index contributed by atoms with van der Waals surface area (Å²) < 4.78 is 5.06. The number of rotatable bonds is 2. The van der Waals surface area contributed by atoms with E-state index < -0.39 is 0 Å². The van der Waals surface area contributed by atoms with Crippen LogP contribution in [0.25, 0.3) is 5.57 Å². The monoisotopic (exact) mass is 189 g/mol. The van der Waals surface area contributed by atoms with Crippen LogP contribution in [0.5, 0.6) is 5.75 Å². The van der Waals surface area contributed by atoms with Crippen LogP contribution in [0, 0.1) is 0 Å². The summed E-state index contributed by atoms with van der Waals surface area (Å²) in [6.45, 7) is 0. The van der Waals surface area contributed by atoms with Gasteiger partial charge in [0.25, 0.3) is 0 Å². The van der Waals surface area contributed by atoms with E-state index in [0.717, 1.165) is 16.9 Å². The van der Waals surface area contributed by atoms with E-state index >= 15 is 0 Å². The molecule has 2 rings (SSSR count). The highest BCUT2D eigenvalue weighted by Crippen LogP contribution is 2.24. The maximum absolute atomic E-state index is 5.72. The zero-order valence-electron chi connectivity index (χ0n) is 7.84. The van der Waals surface area contributed by atoms with Crippen molar-refractivity contribution in [1.82, 2.24) is 0 Å². The fraction of sp³-hybridized carbons (Fsp3) is 0.200. The maximum atomic E-state index is 5.72. The van der Waals surface area contributed by atoms with E-state index in [1.54, 1.807) is 13.3 Å². The average Bonchev–Trinajstić information content (AvgIpc) is 2.65. The predicted octanol–water partition coefficient (Wildman–Crippen LogP) is 1.79. The molecule has 0 bridgehead atoms. The smallest absolute Gasteiger partial charge is 0.146 e. The Morgan fingerprint density at radius 1 is 1.29 bits per heavy atom. The van der Waals surface area contributed by atoms with Gasteiger partial charge in [-0.05, 0) is 17.7 Å². The van der Waals surface area contributed by atoms with Gasteiger partial charge >= 0.3 is 0 Å². The van der Waals surface area contributed by atoms with Crippen LogP contribution in [0.2, 0.25) is 0 Å². The minimum atomic E-state index is -0.330. The van der Waals surface area contributed by atoms with E-state index in [2.05, 4.69) is 10.2 Å². The van der Waals surface area contributed by atoms with Crippen LogP contribution in [-0.2, 0) is 0 Å². The van der Waals surface area contributed by atoms with Crippen LogP contribution < -0.4 is 10.5 Å². The largest absolute Gasteiger partial charge is 0.497 e. The van der Waals surface area contributed by atoms with Crippen molar-refractivity contribution in [2.75, 3.05) is 7.11 Å². The van der Waals surface area contributed by atoms with Gasteiger partial charge in [0, 0.05) is 5.57 Å². The van der Waals surface area contributed by atoms with Crippen LogP contribution in [0.15, 0.2) is 40.7 Å². The third-order valence-corrected chi connectivity index (χ3v) is 2.13. The second-order valence-electron chi connectivity index (χ2n) is 2.99. The van der Waals surface area contributed by atoms with Gasteiger partial charge in [0.1, 0.15) is 11.9 Å². The summed E-state index contributed by atoms with van der Waals surface area (Å²) in [5, 5.41) is 7.59. The van der Waals surface area contributed by atoms with Crippen molar-refractivity contribution < 1.29 is 4.74 Å². The van der Waals surface area contributed by atoms with Crippen molar-refractivity contribution in [3.63, 3.8) is 0 Å². The second-order valence-corrected chi connectivity index (χ2v) is 2.99. The molecule has 2 N–H and O–H groups in total. The third-order valence-electron chi connectivity index (χ3n) is 2.13. The van der Waals surface area contributed by atoms with E-state index in [9.17, 15) is 0 Å². The minimum Gasteiger partial charge on any atom is -0.497 e. The first-order valence-electron chi connectivity index (χ1n) is 4.31. The van der Waals surface area contributed by atoms with E-state index in [-0.39, 0.29) is 6.17 Å². The molecule has 0 fully saturated rings. The summed E-state index contributed by atoms with van der Waals surface area (Å²) in [6, 6.07) is 7.67. The SMILES string of the molecule is COc1ccc(C2=CN=N[C@@H]2N)cc1. The molecule has 1 aliphatic rings. The van der Waals surface area contributed by atoms with E-state index in [1.165, 1.54) is 0 Å². The summed E-state index contributed by atoms with van der Waals surface area (Å²) in [4.78, 5) is 0. The summed E-state index contributed by atoms with van der Waals surface area (Å²) in [7, 11) is 1.64. The quantitative estimate of drug-likeness (QED) is 0.770. The Balaban J connectivity index is 2.26. The molecule has 1 aliphatic heterocycles. The van der Waals surface area contributed by atoms with Gasteiger partial charge in [0.05, 0.1) is 13.3 Å². The van der Waals surface area contributed by atoms with Crippen molar-refractivity contribution in [2.24, 2.45) is 16.0 Å². The minimum absolute atomic E-state index is 0.330. The molecular weight excluding hydrogens is 178 g/mol. The van der Waals surface area contributed by atoms with Gasteiger partial charge in [0.2, 0.25) is 0 Å². The first-order chi connectivity index (χ1) is 6.81. The Labute approximate surface area is 82.1 Å². The fourth-order valence-electron chi connectivity index (χ4n) is 1.33. The van der Waals surface area contributed by atoms with Gasteiger partial charge < -0.3 is 10.5 Å². The van der Waals surface area contributed by atoms with Crippen LogP contribution >= 0.6 is 0 Å². The summed E-state index contributed by atoms with van der Waals surface area (Å²) in [5.41, 5.74) is 7.69. The van der Waals surface area contributed by atoms with Crippen molar-refractivity contribution in [3.8, 4) is 5.75 Å². The Morgan fingerprint density at radius 3 is 2.50 bits per heavy atom. The molecule has 14 heavy (non-hydrogen) atoms. The lowest BCUT2D eigenvalue weighted by atomic mass is 10.1. The van der Waals surface area contributed by atoms with Gasteiger partial charge in [0.15, 0.2) is 0 Å². The highest BCUT2D eigenvalue weighted by atomic mass is 16.5. The fourth-order valence-corrected chi connectivity index (χ4v) is 1.33. The van der Waals surface area contributed by atoms with Crippen LogP contribution in [0.1, 0.15) is 5.56 Å². The molecule has 0 aromatic heterocycles. The molecule has 0 saturated carbocycles. The number of hydrogen-bond donors (Lipinski definition) is 1. The second kappa shape index (κ2) is 3.59. The first kappa shape index (κ1) is 8.90. The number of nitrogens with two attached hydrogens (primary N) is 1. The van der Waals surface area contributed by atoms with E-state index in [1.807, 2.05) is 24.3 Å². The highest BCUT2D eigenvalue weighted by Gasteiger charge is 2.14.